The largest absolute Gasteiger partial charge is 0.416 e. The Balaban J connectivity index is 1.44. The summed E-state index contributed by atoms with van der Waals surface area (Å²) in [5.41, 5.74) is 2.91. The summed E-state index contributed by atoms with van der Waals surface area (Å²) in [6.07, 6.45) is -4.38. The first-order valence-corrected chi connectivity index (χ1v) is 11.8. The van der Waals surface area contributed by atoms with Gasteiger partial charge in [0.05, 0.1) is 30.7 Å². The van der Waals surface area contributed by atoms with Gasteiger partial charge < -0.3 is 15.0 Å². The second-order valence-corrected chi connectivity index (χ2v) is 9.07. The number of ether oxygens (including phenoxy) is 1. The Morgan fingerprint density at radius 1 is 0.914 bits per heavy atom. The van der Waals surface area contributed by atoms with Crippen molar-refractivity contribution in [2.75, 3.05) is 32.8 Å². The van der Waals surface area contributed by atoms with Gasteiger partial charge >= 0.3 is 6.18 Å². The van der Waals surface area contributed by atoms with E-state index >= 15 is 0 Å². The molecule has 0 spiro atoms. The Bertz CT molecular complexity index is 1160. The molecule has 0 bridgehead atoms. The average Bonchev–Trinajstić information content (AvgIpc) is 3.38. The summed E-state index contributed by atoms with van der Waals surface area (Å²) in [5.74, 6) is -0.269. The number of nitrogens with one attached hydrogen (secondary N) is 1. The van der Waals surface area contributed by atoms with Crippen molar-refractivity contribution in [1.82, 2.24) is 10.2 Å². The van der Waals surface area contributed by atoms with E-state index in [1.165, 1.54) is 12.1 Å². The highest BCUT2D eigenvalue weighted by atomic mass is 19.4. The van der Waals surface area contributed by atoms with Crippen LogP contribution in [0, 0.1) is 5.92 Å². The Morgan fingerprint density at radius 2 is 1.63 bits per heavy atom. The molecule has 5 rings (SSSR count). The highest BCUT2D eigenvalue weighted by Gasteiger charge is 2.40. The van der Waals surface area contributed by atoms with E-state index < -0.39 is 11.7 Å². The van der Waals surface area contributed by atoms with Gasteiger partial charge in [0.2, 0.25) is 5.91 Å². The van der Waals surface area contributed by atoms with Gasteiger partial charge in [-0.15, -0.1) is 0 Å². The van der Waals surface area contributed by atoms with Crippen molar-refractivity contribution < 1.29 is 22.7 Å². The molecule has 4 nitrogen and oxygen atoms in total. The van der Waals surface area contributed by atoms with Gasteiger partial charge in [-0.2, -0.15) is 13.2 Å². The predicted molar refractivity (Wildman–Crippen MR) is 128 cm³/mol. The zero-order valence-electron chi connectivity index (χ0n) is 19.2. The minimum absolute atomic E-state index is 0.0828. The van der Waals surface area contributed by atoms with Gasteiger partial charge in [-0.3, -0.25) is 4.79 Å². The Labute approximate surface area is 202 Å². The van der Waals surface area contributed by atoms with Crippen LogP contribution < -0.4 is 5.32 Å². The van der Waals surface area contributed by atoms with Crippen molar-refractivity contribution in [1.29, 1.82) is 0 Å². The molecular formula is C28H27F3N2O2. The molecule has 3 aromatic carbocycles. The maximum atomic E-state index is 13.9. The number of benzene rings is 3. The van der Waals surface area contributed by atoms with Crippen LogP contribution in [0.2, 0.25) is 0 Å². The topological polar surface area (TPSA) is 41.6 Å². The van der Waals surface area contributed by atoms with Crippen molar-refractivity contribution in [2.45, 2.75) is 18.1 Å². The van der Waals surface area contributed by atoms with Crippen LogP contribution >= 0.6 is 0 Å². The Kier molecular flexibility index (Phi) is 6.62. The Hall–Kier alpha value is -3.16. The van der Waals surface area contributed by atoms with E-state index in [1.54, 1.807) is 0 Å². The number of nitrogens with zero attached hydrogens (tertiary/aromatic N) is 1. The SMILES string of the molecule is O=C([C@@H]1CNC[C@H]1c1ccccc1-c1ccc(C(F)(F)F)cc1)N1CCOC[C@@H]1c1ccccc1. The summed E-state index contributed by atoms with van der Waals surface area (Å²) >= 11 is 0. The monoisotopic (exact) mass is 480 g/mol. The summed E-state index contributed by atoms with van der Waals surface area (Å²) in [6.45, 7) is 2.69. The average molecular weight is 481 g/mol. The zero-order chi connectivity index (χ0) is 24.4. The molecule has 2 aliphatic rings. The van der Waals surface area contributed by atoms with Crippen LogP contribution in [-0.2, 0) is 15.7 Å². The molecule has 35 heavy (non-hydrogen) atoms. The summed E-state index contributed by atoms with van der Waals surface area (Å²) in [6, 6.07) is 22.7. The molecule has 2 heterocycles. The third-order valence-corrected chi connectivity index (χ3v) is 7.01. The number of hydrogen-bond acceptors (Lipinski definition) is 3. The van der Waals surface area contributed by atoms with Gasteiger partial charge in [-0.25, -0.2) is 0 Å². The van der Waals surface area contributed by atoms with Gasteiger partial charge in [0.15, 0.2) is 0 Å². The highest BCUT2D eigenvalue weighted by Crippen LogP contribution is 2.39. The number of morpholine rings is 1. The molecule has 7 heteroatoms. The smallest absolute Gasteiger partial charge is 0.377 e. The number of hydrogen-bond donors (Lipinski definition) is 1. The summed E-state index contributed by atoms with van der Waals surface area (Å²) < 4.78 is 44.9. The number of carbonyl (C=O) groups is 1. The predicted octanol–water partition coefficient (Wildman–Crippen LogP) is 5.28. The first kappa shape index (κ1) is 23.6. The molecule has 0 radical (unpaired) electrons. The van der Waals surface area contributed by atoms with Gasteiger partial charge in [-0.05, 0) is 34.4 Å². The molecule has 2 saturated heterocycles. The molecule has 0 aliphatic carbocycles. The normalized spacial score (nSPS) is 22.8. The van der Waals surface area contributed by atoms with Gasteiger partial charge in [-0.1, -0.05) is 66.7 Å². The molecule has 1 N–H and O–H groups in total. The maximum absolute atomic E-state index is 13.9. The molecular weight excluding hydrogens is 453 g/mol. The van der Waals surface area contributed by atoms with E-state index in [0.29, 0.717) is 38.4 Å². The fourth-order valence-electron chi connectivity index (χ4n) is 5.22. The Morgan fingerprint density at radius 3 is 2.37 bits per heavy atom. The van der Waals surface area contributed by atoms with Crippen LogP contribution in [0.15, 0.2) is 78.9 Å². The van der Waals surface area contributed by atoms with Crippen LogP contribution in [0.4, 0.5) is 13.2 Å². The molecule has 1 amide bonds. The number of rotatable bonds is 4. The lowest BCUT2D eigenvalue weighted by atomic mass is 9.83. The fraction of sp³-hybridized carbons (Fsp3) is 0.321. The molecule has 0 aromatic heterocycles. The first-order valence-electron chi connectivity index (χ1n) is 11.8. The highest BCUT2D eigenvalue weighted by molar-refractivity contribution is 5.82. The second-order valence-electron chi connectivity index (χ2n) is 9.07. The quantitative estimate of drug-likeness (QED) is 0.553. The van der Waals surface area contributed by atoms with Gasteiger partial charge in [0.25, 0.3) is 0 Å². The molecule has 3 aromatic rings. The van der Waals surface area contributed by atoms with Crippen molar-refractivity contribution in [3.8, 4) is 11.1 Å². The van der Waals surface area contributed by atoms with E-state index in [2.05, 4.69) is 5.32 Å². The molecule has 3 atom stereocenters. The van der Waals surface area contributed by atoms with Crippen LogP contribution in [0.3, 0.4) is 0 Å². The van der Waals surface area contributed by atoms with E-state index in [4.69, 9.17) is 4.74 Å². The summed E-state index contributed by atoms with van der Waals surface area (Å²) in [5, 5.41) is 3.38. The van der Waals surface area contributed by atoms with Crippen molar-refractivity contribution >= 4 is 5.91 Å². The standard InChI is InChI=1S/C28H27F3N2O2/c29-28(30,31)21-12-10-19(11-13-21)22-8-4-5-9-23(22)24-16-32-17-25(24)27(34)33-14-15-35-18-26(33)20-6-2-1-3-7-20/h1-13,24-26,32H,14-18H2/t24-,25+,26+/m0/s1. The minimum Gasteiger partial charge on any atom is -0.377 e. The number of alkyl halides is 3. The van der Waals surface area contributed by atoms with E-state index in [-0.39, 0.29) is 23.8 Å². The van der Waals surface area contributed by atoms with Gasteiger partial charge in [0, 0.05) is 25.6 Å². The zero-order valence-corrected chi connectivity index (χ0v) is 19.2. The molecule has 2 aliphatic heterocycles. The summed E-state index contributed by atoms with van der Waals surface area (Å²) in [4.78, 5) is 15.8. The molecule has 0 unspecified atom stereocenters. The van der Waals surface area contributed by atoms with Crippen LogP contribution in [0.1, 0.15) is 28.7 Å². The number of carbonyl (C=O) groups excluding carboxylic acids is 1. The van der Waals surface area contributed by atoms with Crippen LogP contribution in [-0.4, -0.2) is 43.7 Å². The van der Waals surface area contributed by atoms with Crippen LogP contribution in [0.25, 0.3) is 11.1 Å². The number of amides is 1. The minimum atomic E-state index is -4.38. The van der Waals surface area contributed by atoms with Crippen molar-refractivity contribution in [3.63, 3.8) is 0 Å². The lowest BCUT2D eigenvalue weighted by Gasteiger charge is -2.38. The molecule has 0 saturated carbocycles. The lowest BCUT2D eigenvalue weighted by Crippen LogP contribution is -2.47. The van der Waals surface area contributed by atoms with Crippen molar-refractivity contribution in [2.24, 2.45) is 5.92 Å². The lowest BCUT2D eigenvalue weighted by molar-refractivity contribution is -0.144. The molecule has 2 fully saturated rings. The first-order chi connectivity index (χ1) is 16.9. The van der Waals surface area contributed by atoms with Gasteiger partial charge in [0.1, 0.15) is 0 Å². The third kappa shape index (κ3) is 4.83. The third-order valence-electron chi connectivity index (χ3n) is 7.01. The fourth-order valence-corrected chi connectivity index (χ4v) is 5.22. The second kappa shape index (κ2) is 9.84. The van der Waals surface area contributed by atoms with Crippen LogP contribution in [0.5, 0.6) is 0 Å². The molecule has 182 valence electrons. The van der Waals surface area contributed by atoms with Crippen molar-refractivity contribution in [3.05, 3.63) is 95.6 Å². The maximum Gasteiger partial charge on any atom is 0.416 e. The number of halogens is 3. The van der Waals surface area contributed by atoms with E-state index in [0.717, 1.165) is 28.8 Å². The summed E-state index contributed by atoms with van der Waals surface area (Å²) in [7, 11) is 0. The van der Waals surface area contributed by atoms with E-state index in [9.17, 15) is 18.0 Å². The van der Waals surface area contributed by atoms with E-state index in [1.807, 2.05) is 59.5 Å².